The molecular weight excluding hydrogens is 254 g/mol. The molecule has 1 aromatic rings. The van der Waals surface area contributed by atoms with Crippen LogP contribution in [0.5, 0.6) is 5.75 Å². The lowest BCUT2D eigenvalue weighted by Gasteiger charge is -2.09. The molecule has 0 heterocycles. The Balaban J connectivity index is 2.26. The minimum atomic E-state index is 0.444. The van der Waals surface area contributed by atoms with Crippen LogP contribution in [-0.4, -0.2) is 11.6 Å². The molecule has 2 N–H and O–H groups in total. The molecule has 0 aromatic heterocycles. The first-order chi connectivity index (χ1) is 9.15. The highest BCUT2D eigenvalue weighted by molar-refractivity contribution is 7.80. The van der Waals surface area contributed by atoms with Gasteiger partial charge in [0.05, 0.1) is 6.61 Å². The Morgan fingerprint density at radius 3 is 2.47 bits per heavy atom. The topological polar surface area (TPSA) is 35.2 Å². The fourth-order valence-electron chi connectivity index (χ4n) is 2.07. The van der Waals surface area contributed by atoms with Gasteiger partial charge in [0.1, 0.15) is 10.7 Å². The highest BCUT2D eigenvalue weighted by Crippen LogP contribution is 2.17. The summed E-state index contributed by atoms with van der Waals surface area (Å²) in [7, 11) is 0. The van der Waals surface area contributed by atoms with E-state index in [1.54, 1.807) is 0 Å². The fraction of sp³-hybridized carbons (Fsp3) is 0.562. The summed E-state index contributed by atoms with van der Waals surface area (Å²) in [5, 5.41) is 0. The van der Waals surface area contributed by atoms with Gasteiger partial charge in [-0.1, -0.05) is 51.2 Å². The van der Waals surface area contributed by atoms with Crippen LogP contribution in [0.25, 0.3) is 0 Å². The van der Waals surface area contributed by atoms with Crippen molar-refractivity contribution in [1.82, 2.24) is 0 Å². The average molecular weight is 279 g/mol. The number of thiocarbonyl (C=S) groups is 1. The predicted molar refractivity (Wildman–Crippen MR) is 85.9 cm³/mol. The molecular formula is C16H25NOS. The normalized spacial score (nSPS) is 10.4. The molecule has 2 nitrogen and oxygen atoms in total. The molecule has 1 aromatic carbocycles. The first kappa shape index (κ1) is 16.0. The van der Waals surface area contributed by atoms with Crippen LogP contribution in [0.15, 0.2) is 18.2 Å². The number of rotatable bonds is 9. The summed E-state index contributed by atoms with van der Waals surface area (Å²) in [6, 6.07) is 5.89. The highest BCUT2D eigenvalue weighted by atomic mass is 32.1. The molecule has 19 heavy (non-hydrogen) atoms. The first-order valence-corrected chi connectivity index (χ1v) is 7.59. The Labute approximate surface area is 122 Å². The van der Waals surface area contributed by atoms with Gasteiger partial charge in [-0.25, -0.2) is 0 Å². The third-order valence-corrected chi connectivity index (χ3v) is 3.45. The van der Waals surface area contributed by atoms with Gasteiger partial charge in [-0.05, 0) is 37.1 Å². The van der Waals surface area contributed by atoms with Gasteiger partial charge < -0.3 is 10.5 Å². The Kier molecular flexibility index (Phi) is 7.49. The van der Waals surface area contributed by atoms with Crippen LogP contribution in [0.1, 0.15) is 56.6 Å². The van der Waals surface area contributed by atoms with E-state index in [9.17, 15) is 0 Å². The zero-order valence-electron chi connectivity index (χ0n) is 12.1. The monoisotopic (exact) mass is 279 g/mol. The molecule has 0 spiro atoms. The van der Waals surface area contributed by atoms with Gasteiger partial charge in [0.25, 0.3) is 0 Å². The number of unbranched alkanes of at least 4 members (excludes halogenated alkanes) is 5. The SMILES string of the molecule is CCCCCCCCOc1ccc(C(N)=S)c(C)c1. The van der Waals surface area contributed by atoms with E-state index < -0.39 is 0 Å². The molecule has 0 unspecified atom stereocenters. The Bertz CT molecular complexity index is 404. The standard InChI is InChI=1S/C16H25NOS/c1-3-4-5-6-7-8-11-18-14-9-10-15(16(17)19)13(2)12-14/h9-10,12H,3-8,11H2,1-2H3,(H2,17,19). The molecule has 0 aliphatic carbocycles. The minimum Gasteiger partial charge on any atom is -0.494 e. The Morgan fingerprint density at radius 1 is 1.16 bits per heavy atom. The van der Waals surface area contributed by atoms with Gasteiger partial charge >= 0.3 is 0 Å². The van der Waals surface area contributed by atoms with Crippen molar-refractivity contribution in [3.8, 4) is 5.75 Å². The number of ether oxygens (including phenoxy) is 1. The summed E-state index contributed by atoms with van der Waals surface area (Å²) in [6.07, 6.45) is 7.68. The summed E-state index contributed by atoms with van der Waals surface area (Å²) < 4.78 is 5.74. The van der Waals surface area contributed by atoms with E-state index in [4.69, 9.17) is 22.7 Å². The predicted octanol–water partition coefficient (Wildman–Crippen LogP) is 4.37. The van der Waals surface area contributed by atoms with Gasteiger partial charge in [0.15, 0.2) is 0 Å². The van der Waals surface area contributed by atoms with E-state index in [2.05, 4.69) is 6.92 Å². The van der Waals surface area contributed by atoms with Gasteiger partial charge in [0.2, 0.25) is 0 Å². The Morgan fingerprint density at radius 2 is 1.84 bits per heavy atom. The van der Waals surface area contributed by atoms with Gasteiger partial charge in [-0.15, -0.1) is 0 Å². The van der Waals surface area contributed by atoms with E-state index in [-0.39, 0.29) is 0 Å². The molecule has 0 saturated heterocycles. The second kappa shape index (κ2) is 8.92. The van der Waals surface area contributed by atoms with Crippen LogP contribution in [0.4, 0.5) is 0 Å². The van der Waals surface area contributed by atoms with Crippen molar-refractivity contribution in [2.45, 2.75) is 52.4 Å². The molecule has 0 aliphatic heterocycles. The zero-order chi connectivity index (χ0) is 14.1. The van der Waals surface area contributed by atoms with E-state index in [0.29, 0.717) is 4.99 Å². The van der Waals surface area contributed by atoms with Crippen molar-refractivity contribution in [1.29, 1.82) is 0 Å². The first-order valence-electron chi connectivity index (χ1n) is 7.18. The molecule has 0 fully saturated rings. The van der Waals surface area contributed by atoms with Crippen molar-refractivity contribution >= 4 is 17.2 Å². The van der Waals surface area contributed by atoms with Crippen LogP contribution >= 0.6 is 12.2 Å². The lowest BCUT2D eigenvalue weighted by molar-refractivity contribution is 0.304. The third-order valence-electron chi connectivity index (χ3n) is 3.23. The fourth-order valence-corrected chi connectivity index (χ4v) is 2.30. The van der Waals surface area contributed by atoms with E-state index in [0.717, 1.165) is 29.9 Å². The van der Waals surface area contributed by atoms with E-state index >= 15 is 0 Å². The van der Waals surface area contributed by atoms with Crippen molar-refractivity contribution in [2.75, 3.05) is 6.61 Å². The van der Waals surface area contributed by atoms with Crippen molar-refractivity contribution in [3.63, 3.8) is 0 Å². The quantitative estimate of drug-likeness (QED) is 0.538. The summed E-state index contributed by atoms with van der Waals surface area (Å²) in [6.45, 7) is 5.03. The lowest BCUT2D eigenvalue weighted by Crippen LogP contribution is -2.11. The highest BCUT2D eigenvalue weighted by Gasteiger charge is 2.03. The van der Waals surface area contributed by atoms with Gasteiger partial charge in [0, 0.05) is 5.56 Å². The average Bonchev–Trinajstić information content (AvgIpc) is 2.37. The summed E-state index contributed by atoms with van der Waals surface area (Å²) in [5.41, 5.74) is 7.64. The molecule has 0 bridgehead atoms. The van der Waals surface area contributed by atoms with Crippen molar-refractivity contribution in [2.24, 2.45) is 5.73 Å². The molecule has 106 valence electrons. The molecule has 0 amide bonds. The molecule has 0 aliphatic rings. The summed E-state index contributed by atoms with van der Waals surface area (Å²) in [5.74, 6) is 0.908. The molecule has 0 radical (unpaired) electrons. The van der Waals surface area contributed by atoms with Gasteiger partial charge in [-0.2, -0.15) is 0 Å². The largest absolute Gasteiger partial charge is 0.494 e. The van der Waals surface area contributed by atoms with Gasteiger partial charge in [-0.3, -0.25) is 0 Å². The number of aryl methyl sites for hydroxylation is 1. The van der Waals surface area contributed by atoms with Crippen LogP contribution in [0.2, 0.25) is 0 Å². The third kappa shape index (κ3) is 6.06. The molecule has 3 heteroatoms. The van der Waals surface area contributed by atoms with Crippen molar-refractivity contribution in [3.05, 3.63) is 29.3 Å². The van der Waals surface area contributed by atoms with Crippen molar-refractivity contribution < 1.29 is 4.74 Å². The molecule has 1 rings (SSSR count). The van der Waals surface area contributed by atoms with Crippen LogP contribution in [0, 0.1) is 6.92 Å². The number of benzene rings is 1. The second-order valence-electron chi connectivity index (χ2n) is 4.96. The van der Waals surface area contributed by atoms with E-state index in [1.165, 1.54) is 32.1 Å². The Hall–Kier alpha value is -1.09. The van der Waals surface area contributed by atoms with Crippen LogP contribution in [-0.2, 0) is 0 Å². The summed E-state index contributed by atoms with van der Waals surface area (Å²) >= 11 is 4.99. The molecule has 0 atom stereocenters. The van der Waals surface area contributed by atoms with E-state index in [1.807, 2.05) is 25.1 Å². The summed E-state index contributed by atoms with van der Waals surface area (Å²) in [4.78, 5) is 0.444. The maximum absolute atomic E-state index is 5.74. The number of hydrogen-bond donors (Lipinski definition) is 1. The molecule has 0 saturated carbocycles. The zero-order valence-corrected chi connectivity index (χ0v) is 12.9. The maximum Gasteiger partial charge on any atom is 0.119 e. The lowest BCUT2D eigenvalue weighted by atomic mass is 10.1. The number of nitrogens with two attached hydrogens (primary N) is 1. The smallest absolute Gasteiger partial charge is 0.119 e. The van der Waals surface area contributed by atoms with Crippen LogP contribution in [0.3, 0.4) is 0 Å². The maximum atomic E-state index is 5.74. The number of hydrogen-bond acceptors (Lipinski definition) is 2. The van der Waals surface area contributed by atoms with Crippen LogP contribution < -0.4 is 10.5 Å². The minimum absolute atomic E-state index is 0.444. The second-order valence-corrected chi connectivity index (χ2v) is 5.40.